The van der Waals surface area contributed by atoms with E-state index in [-0.39, 0.29) is 0 Å². The molecule has 0 fully saturated rings. The van der Waals surface area contributed by atoms with E-state index in [2.05, 4.69) is 19.7 Å². The molecule has 0 amide bonds. The van der Waals surface area contributed by atoms with Crippen LogP contribution in [-0.2, 0) is 19.6 Å². The van der Waals surface area contributed by atoms with Gasteiger partial charge < -0.3 is 14.0 Å². The summed E-state index contributed by atoms with van der Waals surface area (Å²) < 4.78 is 12.7. The lowest BCUT2D eigenvalue weighted by molar-refractivity contribution is 0.208. The van der Waals surface area contributed by atoms with E-state index in [9.17, 15) is 0 Å². The van der Waals surface area contributed by atoms with Gasteiger partial charge in [-0.05, 0) is 11.6 Å². The van der Waals surface area contributed by atoms with Crippen LogP contribution >= 0.6 is 11.6 Å². The van der Waals surface area contributed by atoms with E-state index in [0.29, 0.717) is 16.5 Å². The number of benzene rings is 1. The van der Waals surface area contributed by atoms with E-state index in [4.69, 9.17) is 21.1 Å². The van der Waals surface area contributed by atoms with Crippen LogP contribution < -0.4 is 9.47 Å². The largest absolute Gasteiger partial charge is 0.493 e. The molecule has 0 atom stereocenters. The molecule has 0 radical (unpaired) electrons. The second-order valence-corrected chi connectivity index (χ2v) is 5.30. The molecule has 6 nitrogen and oxygen atoms in total. The van der Waals surface area contributed by atoms with Gasteiger partial charge in [-0.1, -0.05) is 17.7 Å². The minimum absolute atomic E-state index is 0.580. The summed E-state index contributed by atoms with van der Waals surface area (Å²) in [6.07, 6.45) is 1.77. The minimum atomic E-state index is 0.580. The molecule has 0 aliphatic carbocycles. The smallest absolute Gasteiger partial charge is 0.179 e. The van der Waals surface area contributed by atoms with Crippen LogP contribution in [0.2, 0.25) is 5.02 Å². The third kappa shape index (κ3) is 2.69. The number of halogens is 1. The predicted octanol–water partition coefficient (Wildman–Crippen LogP) is 1.96. The highest BCUT2D eigenvalue weighted by Gasteiger charge is 2.20. The summed E-state index contributed by atoms with van der Waals surface area (Å²) in [5.74, 6) is 2.21. The van der Waals surface area contributed by atoms with Crippen molar-refractivity contribution in [2.45, 2.75) is 19.6 Å². The summed E-state index contributed by atoms with van der Waals surface area (Å²) in [6.45, 7) is 3.35. The number of methoxy groups -OCH3 is 2. The summed E-state index contributed by atoms with van der Waals surface area (Å²) in [4.78, 5) is 2.29. The van der Waals surface area contributed by atoms with Gasteiger partial charge in [0.1, 0.15) is 12.2 Å². The van der Waals surface area contributed by atoms with Crippen molar-refractivity contribution in [3.05, 3.63) is 34.9 Å². The molecule has 0 N–H and O–H groups in total. The first kappa shape index (κ1) is 14.2. The molecule has 21 heavy (non-hydrogen) atoms. The maximum atomic E-state index is 6.43. The van der Waals surface area contributed by atoms with E-state index in [1.165, 1.54) is 0 Å². The monoisotopic (exact) mass is 308 g/mol. The lowest BCUT2D eigenvalue weighted by Gasteiger charge is -2.27. The Morgan fingerprint density at radius 2 is 2.10 bits per heavy atom. The summed E-state index contributed by atoms with van der Waals surface area (Å²) >= 11 is 6.43. The zero-order valence-electron chi connectivity index (χ0n) is 12.0. The zero-order valence-corrected chi connectivity index (χ0v) is 12.8. The zero-order chi connectivity index (χ0) is 14.8. The average Bonchev–Trinajstić information content (AvgIpc) is 2.96. The highest BCUT2D eigenvalue weighted by molar-refractivity contribution is 6.33. The fourth-order valence-corrected chi connectivity index (χ4v) is 2.84. The number of hydrogen-bond donors (Lipinski definition) is 0. The Labute approximate surface area is 128 Å². The molecular weight excluding hydrogens is 292 g/mol. The number of aromatic nitrogens is 3. The van der Waals surface area contributed by atoms with Gasteiger partial charge in [0.15, 0.2) is 11.5 Å². The molecule has 1 aliphatic rings. The van der Waals surface area contributed by atoms with Gasteiger partial charge in [0.05, 0.1) is 25.8 Å². The molecule has 1 aliphatic heterocycles. The lowest BCUT2D eigenvalue weighted by Crippen LogP contribution is -2.33. The highest BCUT2D eigenvalue weighted by atomic mass is 35.5. The van der Waals surface area contributed by atoms with Crippen LogP contribution in [0, 0.1) is 0 Å². The van der Waals surface area contributed by atoms with Gasteiger partial charge in [0, 0.05) is 19.6 Å². The summed E-state index contributed by atoms with van der Waals surface area (Å²) in [7, 11) is 3.20. The molecule has 0 spiro atoms. The standard InChI is InChI=1S/C14H17ClN4O2/c1-20-11-4-3-10(13(15)14(11)21-2)7-18-5-6-19-9-16-17-12(19)8-18/h3-4,9H,5-8H2,1-2H3. The third-order valence-corrected chi connectivity index (χ3v) is 4.09. The first-order valence-electron chi connectivity index (χ1n) is 6.71. The molecule has 7 heteroatoms. The molecule has 1 aromatic heterocycles. The molecule has 0 unspecified atom stereocenters. The Balaban J connectivity index is 1.80. The number of hydrogen-bond acceptors (Lipinski definition) is 5. The topological polar surface area (TPSA) is 52.4 Å². The fourth-order valence-electron chi connectivity index (χ4n) is 2.54. The summed E-state index contributed by atoms with van der Waals surface area (Å²) in [5, 5.41) is 8.66. The van der Waals surface area contributed by atoms with Crippen LogP contribution in [0.3, 0.4) is 0 Å². The van der Waals surface area contributed by atoms with E-state index < -0.39 is 0 Å². The van der Waals surface area contributed by atoms with Crippen LogP contribution in [0.5, 0.6) is 11.5 Å². The van der Waals surface area contributed by atoms with Gasteiger partial charge in [0.2, 0.25) is 0 Å². The Hall–Kier alpha value is -1.79. The maximum absolute atomic E-state index is 6.43. The second kappa shape index (κ2) is 5.91. The van der Waals surface area contributed by atoms with Crippen molar-refractivity contribution in [2.24, 2.45) is 0 Å². The van der Waals surface area contributed by atoms with E-state index in [0.717, 1.165) is 37.6 Å². The normalized spacial score (nSPS) is 14.8. The number of rotatable bonds is 4. The van der Waals surface area contributed by atoms with Crippen LogP contribution in [0.1, 0.15) is 11.4 Å². The van der Waals surface area contributed by atoms with Crippen molar-refractivity contribution in [3.8, 4) is 11.5 Å². The van der Waals surface area contributed by atoms with Crippen LogP contribution in [-0.4, -0.2) is 40.4 Å². The van der Waals surface area contributed by atoms with Gasteiger partial charge in [0.25, 0.3) is 0 Å². The second-order valence-electron chi connectivity index (χ2n) is 4.93. The number of nitrogens with zero attached hydrogens (tertiary/aromatic N) is 4. The summed E-state index contributed by atoms with van der Waals surface area (Å²) in [6, 6.07) is 3.86. The first-order valence-corrected chi connectivity index (χ1v) is 7.09. The van der Waals surface area contributed by atoms with Crippen LogP contribution in [0.4, 0.5) is 0 Å². The van der Waals surface area contributed by atoms with Gasteiger partial charge in [-0.3, -0.25) is 4.90 Å². The van der Waals surface area contributed by atoms with Crippen molar-refractivity contribution in [1.82, 2.24) is 19.7 Å². The minimum Gasteiger partial charge on any atom is -0.493 e. The SMILES string of the molecule is COc1ccc(CN2CCn3cnnc3C2)c(Cl)c1OC. The molecular formula is C14H17ClN4O2. The molecule has 1 aromatic carbocycles. The Kier molecular flexibility index (Phi) is 3.98. The Bertz CT molecular complexity index is 644. The van der Waals surface area contributed by atoms with Gasteiger partial charge in [-0.15, -0.1) is 10.2 Å². The first-order chi connectivity index (χ1) is 10.2. The molecule has 3 rings (SSSR count). The van der Waals surface area contributed by atoms with Crippen molar-refractivity contribution in [1.29, 1.82) is 0 Å². The van der Waals surface area contributed by atoms with E-state index in [1.807, 2.05) is 12.1 Å². The molecule has 0 saturated carbocycles. The van der Waals surface area contributed by atoms with E-state index >= 15 is 0 Å². The molecule has 0 bridgehead atoms. The Morgan fingerprint density at radius 3 is 2.86 bits per heavy atom. The quantitative estimate of drug-likeness (QED) is 0.864. The number of fused-ring (bicyclic) bond motifs is 1. The van der Waals surface area contributed by atoms with Crippen molar-refractivity contribution < 1.29 is 9.47 Å². The molecule has 112 valence electrons. The van der Waals surface area contributed by atoms with Gasteiger partial charge in [-0.2, -0.15) is 0 Å². The highest BCUT2D eigenvalue weighted by Crippen LogP contribution is 2.37. The Morgan fingerprint density at radius 1 is 1.24 bits per heavy atom. The van der Waals surface area contributed by atoms with E-state index in [1.54, 1.807) is 20.5 Å². The predicted molar refractivity (Wildman–Crippen MR) is 78.7 cm³/mol. The van der Waals surface area contributed by atoms with Crippen molar-refractivity contribution >= 4 is 11.6 Å². The maximum Gasteiger partial charge on any atom is 0.179 e. The van der Waals surface area contributed by atoms with Gasteiger partial charge in [-0.25, -0.2) is 0 Å². The summed E-state index contributed by atoms with van der Waals surface area (Å²) in [5.41, 5.74) is 1.02. The molecule has 2 aromatic rings. The molecule has 2 heterocycles. The number of ether oxygens (including phenoxy) is 2. The lowest BCUT2D eigenvalue weighted by atomic mass is 10.1. The van der Waals surface area contributed by atoms with Crippen molar-refractivity contribution in [3.63, 3.8) is 0 Å². The van der Waals surface area contributed by atoms with Gasteiger partial charge >= 0.3 is 0 Å². The van der Waals surface area contributed by atoms with Crippen molar-refractivity contribution in [2.75, 3.05) is 20.8 Å². The average molecular weight is 309 g/mol. The third-order valence-electron chi connectivity index (χ3n) is 3.68. The fraction of sp³-hybridized carbons (Fsp3) is 0.429. The molecule has 0 saturated heterocycles. The van der Waals surface area contributed by atoms with Crippen LogP contribution in [0.15, 0.2) is 18.5 Å². The van der Waals surface area contributed by atoms with Crippen LogP contribution in [0.25, 0.3) is 0 Å².